The van der Waals surface area contributed by atoms with Gasteiger partial charge in [-0.1, -0.05) is 47.6 Å². The lowest BCUT2D eigenvalue weighted by Gasteiger charge is -2.44. The number of hydrogen-bond donors (Lipinski definition) is 1. The smallest absolute Gasteiger partial charge is 0.147 e. The first-order valence-electron chi connectivity index (χ1n) is 13.4. The van der Waals surface area contributed by atoms with Gasteiger partial charge in [0.25, 0.3) is 0 Å². The molecule has 2 aliphatic carbocycles. The van der Waals surface area contributed by atoms with Crippen molar-refractivity contribution < 1.29 is 4.21 Å². The third-order valence-corrected chi connectivity index (χ3v) is 11.1. The lowest BCUT2D eigenvalue weighted by Crippen LogP contribution is -2.48. The van der Waals surface area contributed by atoms with Crippen molar-refractivity contribution in [3.63, 3.8) is 0 Å². The van der Waals surface area contributed by atoms with E-state index in [2.05, 4.69) is 38.9 Å². The molecule has 3 aliphatic rings. The topological polar surface area (TPSA) is 71.0 Å². The van der Waals surface area contributed by atoms with Crippen LogP contribution in [-0.2, 0) is 17.4 Å². The van der Waals surface area contributed by atoms with Crippen LogP contribution in [0, 0.1) is 5.41 Å². The number of nitrogens with one attached hydrogen (secondary N) is 1. The minimum absolute atomic E-state index is 0.0572. The van der Waals surface area contributed by atoms with Crippen LogP contribution in [0.2, 0.25) is 5.02 Å². The van der Waals surface area contributed by atoms with Crippen LogP contribution in [0.25, 0.3) is 0 Å². The molecule has 200 valence electrons. The lowest BCUT2D eigenvalue weighted by atomic mass is 9.73. The summed E-state index contributed by atoms with van der Waals surface area (Å²) in [4.78, 5) is 17.3. The number of aromatic nitrogens is 3. The highest BCUT2D eigenvalue weighted by Gasteiger charge is 2.48. The molecule has 38 heavy (non-hydrogen) atoms. The van der Waals surface area contributed by atoms with Gasteiger partial charge >= 0.3 is 0 Å². The Bertz CT molecular complexity index is 1350. The lowest BCUT2D eigenvalue weighted by molar-refractivity contribution is 0.177. The van der Waals surface area contributed by atoms with Crippen molar-refractivity contribution in [1.82, 2.24) is 19.7 Å². The zero-order valence-electron chi connectivity index (χ0n) is 22.1. The molecule has 1 aliphatic heterocycles. The minimum atomic E-state index is -1.13. The summed E-state index contributed by atoms with van der Waals surface area (Å²) in [6.45, 7) is 7.89. The third-order valence-electron chi connectivity index (χ3n) is 8.06. The summed E-state index contributed by atoms with van der Waals surface area (Å²) in [5, 5.41) is 1.58. The number of halogens is 1. The number of fused-ring (bicyclic) bond motifs is 1. The predicted molar refractivity (Wildman–Crippen MR) is 155 cm³/mol. The molecular formula is C29H34ClN5OS2. The van der Waals surface area contributed by atoms with Gasteiger partial charge in [-0.3, -0.25) is 4.98 Å². The molecule has 0 unspecified atom stereocenters. The molecule has 0 amide bonds. The first-order chi connectivity index (χ1) is 18.2. The molecule has 6 rings (SSSR count). The number of hydrogen-bond acceptors (Lipinski definition) is 6. The molecule has 1 N–H and O–H groups in total. The van der Waals surface area contributed by atoms with Crippen molar-refractivity contribution in [2.75, 3.05) is 18.0 Å². The van der Waals surface area contributed by atoms with Crippen LogP contribution >= 0.6 is 23.4 Å². The van der Waals surface area contributed by atoms with Crippen LogP contribution in [0.1, 0.15) is 75.2 Å². The Kier molecular flexibility index (Phi) is 7.04. The molecule has 3 heterocycles. The van der Waals surface area contributed by atoms with Crippen LogP contribution in [0.5, 0.6) is 0 Å². The van der Waals surface area contributed by atoms with E-state index in [4.69, 9.17) is 21.6 Å². The van der Waals surface area contributed by atoms with Gasteiger partial charge in [-0.05, 0) is 75.5 Å². The molecule has 0 radical (unpaired) electrons. The first-order valence-corrected chi connectivity index (χ1v) is 15.7. The fourth-order valence-corrected chi connectivity index (χ4v) is 7.79. The number of anilines is 1. The fourth-order valence-electron chi connectivity index (χ4n) is 5.71. The van der Waals surface area contributed by atoms with Gasteiger partial charge in [0.05, 0.1) is 44.9 Å². The second-order valence-electron chi connectivity index (χ2n) is 11.8. The highest BCUT2D eigenvalue weighted by Crippen LogP contribution is 2.52. The predicted octanol–water partition coefficient (Wildman–Crippen LogP) is 6.49. The van der Waals surface area contributed by atoms with Crippen molar-refractivity contribution in [2.24, 2.45) is 5.41 Å². The van der Waals surface area contributed by atoms with E-state index in [1.165, 1.54) is 24.0 Å². The molecule has 1 saturated heterocycles. The van der Waals surface area contributed by atoms with E-state index < -0.39 is 11.0 Å². The van der Waals surface area contributed by atoms with E-state index in [1.54, 1.807) is 11.8 Å². The van der Waals surface area contributed by atoms with Crippen LogP contribution in [0.4, 0.5) is 5.82 Å². The van der Waals surface area contributed by atoms with E-state index in [0.29, 0.717) is 5.92 Å². The van der Waals surface area contributed by atoms with Crippen LogP contribution in [-0.4, -0.2) is 37.0 Å². The van der Waals surface area contributed by atoms with Crippen LogP contribution in [0.3, 0.4) is 0 Å². The SMILES string of the molecule is CC(C)(C)[S@@](=O)N[C@@H]1c2ccccc2CC12CCN(c1cnc(Sc3ccnc(C4CC4)c3Cl)cn1)CC2. The van der Waals surface area contributed by atoms with Gasteiger partial charge in [0.15, 0.2) is 0 Å². The molecule has 2 atom stereocenters. The van der Waals surface area contributed by atoms with E-state index >= 15 is 0 Å². The Labute approximate surface area is 237 Å². The second-order valence-corrected chi connectivity index (χ2v) is 15.2. The summed E-state index contributed by atoms with van der Waals surface area (Å²) in [6, 6.07) is 10.7. The van der Waals surface area contributed by atoms with Gasteiger partial charge in [0, 0.05) is 30.1 Å². The minimum Gasteiger partial charge on any atom is -0.355 e. The van der Waals surface area contributed by atoms with Gasteiger partial charge in [0.1, 0.15) is 10.8 Å². The quantitative estimate of drug-likeness (QED) is 0.367. The standard InChI is InChI=1S/C29H34ClN5OS2/c1-28(2,3)38(36)34-27-21-7-5-4-6-20(21)16-29(27)11-14-35(15-12-29)23-17-33-24(18-32-23)37-22-10-13-31-26(25(22)30)19-8-9-19/h4-7,10,13,17-19,27,34H,8-9,11-12,14-16H2,1-3H3/t27-,38-/m1/s1. The van der Waals surface area contributed by atoms with E-state index in [1.807, 2.05) is 45.4 Å². The van der Waals surface area contributed by atoms with E-state index in [0.717, 1.165) is 58.8 Å². The van der Waals surface area contributed by atoms with Crippen molar-refractivity contribution in [3.8, 4) is 0 Å². The highest BCUT2D eigenvalue weighted by atomic mass is 35.5. The van der Waals surface area contributed by atoms with E-state index in [9.17, 15) is 4.21 Å². The number of piperidine rings is 1. The van der Waals surface area contributed by atoms with Crippen LogP contribution in [0.15, 0.2) is 58.8 Å². The normalized spacial score (nSPS) is 21.5. The summed E-state index contributed by atoms with van der Waals surface area (Å²) in [5.41, 5.74) is 3.75. The van der Waals surface area contributed by atoms with Crippen molar-refractivity contribution in [1.29, 1.82) is 0 Å². The molecule has 1 saturated carbocycles. The highest BCUT2D eigenvalue weighted by molar-refractivity contribution is 7.99. The summed E-state index contributed by atoms with van der Waals surface area (Å²) >= 11 is 8.19. The summed E-state index contributed by atoms with van der Waals surface area (Å²) in [7, 11) is -1.13. The zero-order chi connectivity index (χ0) is 26.5. The van der Waals surface area contributed by atoms with Gasteiger partial charge in [-0.15, -0.1) is 0 Å². The van der Waals surface area contributed by atoms with Crippen molar-refractivity contribution >= 4 is 40.2 Å². The van der Waals surface area contributed by atoms with Gasteiger partial charge < -0.3 is 4.90 Å². The summed E-state index contributed by atoms with van der Waals surface area (Å²) in [6.07, 6.45) is 10.9. The van der Waals surface area contributed by atoms with Crippen LogP contribution < -0.4 is 9.62 Å². The molecular weight excluding hydrogens is 534 g/mol. The molecule has 1 spiro atoms. The molecule has 3 aromatic rings. The molecule has 2 aromatic heterocycles. The van der Waals surface area contributed by atoms with E-state index in [-0.39, 0.29) is 16.2 Å². The average molecular weight is 568 g/mol. The maximum atomic E-state index is 13.1. The van der Waals surface area contributed by atoms with Gasteiger partial charge in [0.2, 0.25) is 0 Å². The average Bonchev–Trinajstić information content (AvgIpc) is 3.70. The third kappa shape index (κ3) is 5.12. The number of nitrogens with zero attached hydrogens (tertiary/aromatic N) is 4. The Balaban J connectivity index is 1.15. The Hall–Kier alpha value is -2.00. The Morgan fingerprint density at radius 1 is 1.08 bits per heavy atom. The maximum absolute atomic E-state index is 13.1. The molecule has 9 heteroatoms. The number of pyridine rings is 1. The maximum Gasteiger partial charge on any atom is 0.147 e. The number of benzene rings is 1. The van der Waals surface area contributed by atoms with Gasteiger partial charge in [-0.2, -0.15) is 0 Å². The first kappa shape index (κ1) is 26.2. The fraction of sp³-hybridized carbons (Fsp3) is 0.483. The second kappa shape index (κ2) is 10.2. The number of rotatable bonds is 6. The van der Waals surface area contributed by atoms with Crippen molar-refractivity contribution in [3.05, 3.63) is 70.8 Å². The molecule has 0 bridgehead atoms. The summed E-state index contributed by atoms with van der Waals surface area (Å²) < 4.78 is 16.4. The van der Waals surface area contributed by atoms with Gasteiger partial charge in [-0.25, -0.2) is 18.9 Å². The monoisotopic (exact) mass is 567 g/mol. The van der Waals surface area contributed by atoms with Crippen molar-refractivity contribution in [2.45, 2.75) is 79.5 Å². The largest absolute Gasteiger partial charge is 0.355 e. The zero-order valence-corrected chi connectivity index (χ0v) is 24.5. The Morgan fingerprint density at radius 3 is 2.53 bits per heavy atom. The molecule has 1 aromatic carbocycles. The molecule has 6 nitrogen and oxygen atoms in total. The Morgan fingerprint density at radius 2 is 1.84 bits per heavy atom. The molecule has 2 fully saturated rings. The summed E-state index contributed by atoms with van der Waals surface area (Å²) in [5.74, 6) is 1.41.